The van der Waals surface area contributed by atoms with Gasteiger partial charge in [-0.05, 0) is 36.1 Å². The summed E-state index contributed by atoms with van der Waals surface area (Å²) in [5.41, 5.74) is 2.66. The average molecular weight is 186 g/mol. The van der Waals surface area contributed by atoms with E-state index in [0.717, 1.165) is 5.75 Å². The van der Waals surface area contributed by atoms with Crippen molar-refractivity contribution in [3.63, 3.8) is 0 Å². The lowest BCUT2D eigenvalue weighted by Gasteiger charge is -2.00. The van der Waals surface area contributed by atoms with Crippen LogP contribution in [0.5, 0.6) is 5.75 Å². The second-order valence-electron chi connectivity index (χ2n) is 3.43. The first kappa shape index (κ1) is 9.07. The van der Waals surface area contributed by atoms with Gasteiger partial charge in [0.05, 0.1) is 7.11 Å². The zero-order chi connectivity index (χ0) is 9.80. The molecule has 0 saturated heterocycles. The molecule has 1 aliphatic carbocycles. The van der Waals surface area contributed by atoms with Crippen molar-refractivity contribution in [3.8, 4) is 5.75 Å². The lowest BCUT2D eigenvalue weighted by Crippen LogP contribution is -1.82. The Bertz CT molecular complexity index is 357. The van der Waals surface area contributed by atoms with Crippen LogP contribution in [0, 0.1) is 0 Å². The minimum absolute atomic E-state index is 0.911. The van der Waals surface area contributed by atoms with Crippen molar-refractivity contribution in [3.05, 3.63) is 47.6 Å². The summed E-state index contributed by atoms with van der Waals surface area (Å²) in [6, 6.07) is 8.14. The van der Waals surface area contributed by atoms with E-state index in [1.165, 1.54) is 24.0 Å². The first-order chi connectivity index (χ1) is 6.88. The molecule has 14 heavy (non-hydrogen) atoms. The Balaban J connectivity index is 2.17. The monoisotopic (exact) mass is 186 g/mol. The maximum Gasteiger partial charge on any atom is 0.118 e. The highest BCUT2D eigenvalue weighted by atomic mass is 16.5. The van der Waals surface area contributed by atoms with Crippen molar-refractivity contribution in [2.24, 2.45) is 0 Å². The maximum absolute atomic E-state index is 5.10. The van der Waals surface area contributed by atoms with Crippen LogP contribution < -0.4 is 4.74 Å². The minimum atomic E-state index is 0.911. The van der Waals surface area contributed by atoms with Crippen LogP contribution in [0.3, 0.4) is 0 Å². The van der Waals surface area contributed by atoms with Crippen molar-refractivity contribution < 1.29 is 4.74 Å². The number of rotatable bonds is 2. The number of methoxy groups -OCH3 is 1. The van der Waals surface area contributed by atoms with Gasteiger partial charge in [0.15, 0.2) is 0 Å². The van der Waals surface area contributed by atoms with Gasteiger partial charge < -0.3 is 4.74 Å². The standard InChI is InChI=1S/C13H14O/c1-14-13-8-6-12(7-9-13)10-11-4-2-3-5-11/h2,4,6-10H,3,5H2,1H3. The fraction of sp³-hybridized carbons (Fsp3) is 0.231. The van der Waals surface area contributed by atoms with E-state index in [0.29, 0.717) is 0 Å². The molecular weight excluding hydrogens is 172 g/mol. The van der Waals surface area contributed by atoms with Crippen LogP contribution in [0.15, 0.2) is 42.0 Å². The van der Waals surface area contributed by atoms with E-state index in [2.05, 4.69) is 30.4 Å². The Morgan fingerprint density at radius 1 is 1.21 bits per heavy atom. The van der Waals surface area contributed by atoms with Crippen LogP contribution in [0.2, 0.25) is 0 Å². The summed E-state index contributed by atoms with van der Waals surface area (Å²) < 4.78 is 5.10. The van der Waals surface area contributed by atoms with Gasteiger partial charge in [0, 0.05) is 0 Å². The molecule has 0 fully saturated rings. The number of ether oxygens (including phenoxy) is 1. The predicted molar refractivity (Wildman–Crippen MR) is 59.3 cm³/mol. The van der Waals surface area contributed by atoms with Crippen molar-refractivity contribution in [1.29, 1.82) is 0 Å². The molecule has 0 aliphatic heterocycles. The van der Waals surface area contributed by atoms with E-state index in [1.807, 2.05) is 12.1 Å². The minimum Gasteiger partial charge on any atom is -0.497 e. The zero-order valence-corrected chi connectivity index (χ0v) is 8.36. The second-order valence-corrected chi connectivity index (χ2v) is 3.43. The molecule has 0 atom stereocenters. The SMILES string of the molecule is COc1ccc(C=C2C=CCC2)cc1. The van der Waals surface area contributed by atoms with Crippen molar-refractivity contribution >= 4 is 6.08 Å². The van der Waals surface area contributed by atoms with Gasteiger partial charge in [-0.25, -0.2) is 0 Å². The van der Waals surface area contributed by atoms with Crippen LogP contribution in [-0.2, 0) is 0 Å². The lowest BCUT2D eigenvalue weighted by atomic mass is 10.1. The van der Waals surface area contributed by atoms with Crippen molar-refractivity contribution in [1.82, 2.24) is 0 Å². The van der Waals surface area contributed by atoms with Gasteiger partial charge in [-0.15, -0.1) is 0 Å². The van der Waals surface area contributed by atoms with Gasteiger partial charge >= 0.3 is 0 Å². The molecule has 1 aromatic rings. The second kappa shape index (κ2) is 4.14. The van der Waals surface area contributed by atoms with Crippen molar-refractivity contribution in [2.45, 2.75) is 12.8 Å². The molecule has 0 unspecified atom stereocenters. The Morgan fingerprint density at radius 3 is 2.57 bits per heavy atom. The average Bonchev–Trinajstić information content (AvgIpc) is 2.72. The molecule has 0 radical (unpaired) electrons. The molecule has 2 rings (SSSR count). The zero-order valence-electron chi connectivity index (χ0n) is 8.36. The third kappa shape index (κ3) is 2.05. The van der Waals surface area contributed by atoms with E-state index >= 15 is 0 Å². The summed E-state index contributed by atoms with van der Waals surface area (Å²) in [4.78, 5) is 0. The molecule has 72 valence electrons. The predicted octanol–water partition coefficient (Wildman–Crippen LogP) is 3.43. The summed E-state index contributed by atoms with van der Waals surface area (Å²) in [7, 11) is 1.69. The maximum atomic E-state index is 5.10. The van der Waals surface area contributed by atoms with E-state index < -0.39 is 0 Å². The Hall–Kier alpha value is -1.50. The number of allylic oxidation sites excluding steroid dienone is 3. The fourth-order valence-electron chi connectivity index (χ4n) is 1.60. The summed E-state index contributed by atoms with van der Waals surface area (Å²) in [6.45, 7) is 0. The topological polar surface area (TPSA) is 9.23 Å². The van der Waals surface area contributed by atoms with Gasteiger partial charge in [-0.3, -0.25) is 0 Å². The number of hydrogen-bond donors (Lipinski definition) is 0. The van der Waals surface area contributed by atoms with Crippen LogP contribution in [0.25, 0.3) is 6.08 Å². The first-order valence-corrected chi connectivity index (χ1v) is 4.89. The van der Waals surface area contributed by atoms with Gasteiger partial charge in [0.2, 0.25) is 0 Å². The molecule has 0 bridgehead atoms. The molecule has 0 amide bonds. The van der Waals surface area contributed by atoms with Gasteiger partial charge in [-0.1, -0.05) is 30.4 Å². The smallest absolute Gasteiger partial charge is 0.118 e. The molecule has 1 nitrogen and oxygen atoms in total. The van der Waals surface area contributed by atoms with Crippen LogP contribution in [-0.4, -0.2) is 7.11 Å². The molecule has 0 aromatic heterocycles. The summed E-state index contributed by atoms with van der Waals surface area (Å²) in [6.07, 6.45) is 9.00. The largest absolute Gasteiger partial charge is 0.497 e. The van der Waals surface area contributed by atoms with Crippen LogP contribution in [0.4, 0.5) is 0 Å². The highest BCUT2D eigenvalue weighted by molar-refractivity contribution is 5.57. The summed E-state index contributed by atoms with van der Waals surface area (Å²) in [5, 5.41) is 0. The lowest BCUT2D eigenvalue weighted by molar-refractivity contribution is 0.415. The molecule has 0 spiro atoms. The quantitative estimate of drug-likeness (QED) is 0.687. The first-order valence-electron chi connectivity index (χ1n) is 4.89. The summed E-state index contributed by atoms with van der Waals surface area (Å²) in [5.74, 6) is 0.911. The highest BCUT2D eigenvalue weighted by Crippen LogP contribution is 2.20. The molecule has 1 aromatic carbocycles. The number of hydrogen-bond acceptors (Lipinski definition) is 1. The Labute approximate surface area is 84.7 Å². The van der Waals surface area contributed by atoms with Crippen LogP contribution in [0.1, 0.15) is 18.4 Å². The van der Waals surface area contributed by atoms with Crippen LogP contribution >= 0.6 is 0 Å². The fourth-order valence-corrected chi connectivity index (χ4v) is 1.60. The van der Waals surface area contributed by atoms with E-state index in [4.69, 9.17) is 4.74 Å². The summed E-state index contributed by atoms with van der Waals surface area (Å²) >= 11 is 0. The van der Waals surface area contributed by atoms with E-state index in [-0.39, 0.29) is 0 Å². The Morgan fingerprint density at radius 2 is 2.00 bits per heavy atom. The molecular formula is C13H14O. The molecule has 0 heterocycles. The third-order valence-electron chi connectivity index (χ3n) is 2.40. The van der Waals surface area contributed by atoms with Crippen molar-refractivity contribution in [2.75, 3.05) is 7.11 Å². The molecule has 0 N–H and O–H groups in total. The van der Waals surface area contributed by atoms with E-state index in [1.54, 1.807) is 7.11 Å². The number of benzene rings is 1. The van der Waals surface area contributed by atoms with E-state index in [9.17, 15) is 0 Å². The van der Waals surface area contributed by atoms with Gasteiger partial charge in [0.1, 0.15) is 5.75 Å². The van der Waals surface area contributed by atoms with Gasteiger partial charge in [0.25, 0.3) is 0 Å². The normalized spacial score (nSPS) is 17.6. The molecule has 1 heteroatoms. The van der Waals surface area contributed by atoms with Gasteiger partial charge in [-0.2, -0.15) is 0 Å². The molecule has 1 aliphatic rings. The Kier molecular flexibility index (Phi) is 2.68. The highest BCUT2D eigenvalue weighted by Gasteiger charge is 1.99. The third-order valence-corrected chi connectivity index (χ3v) is 2.40. The molecule has 0 saturated carbocycles.